The van der Waals surface area contributed by atoms with E-state index in [0.717, 1.165) is 0 Å². The fourth-order valence-electron chi connectivity index (χ4n) is 3.69. The van der Waals surface area contributed by atoms with E-state index < -0.39 is 24.1 Å². The van der Waals surface area contributed by atoms with Crippen molar-refractivity contribution in [3.8, 4) is 0 Å². The van der Waals surface area contributed by atoms with Crippen molar-refractivity contribution in [3.05, 3.63) is 28.2 Å². The van der Waals surface area contributed by atoms with Crippen molar-refractivity contribution < 1.29 is 18.0 Å². The molecule has 13 heteroatoms. The Morgan fingerprint density at radius 1 is 1.27 bits per heavy atom. The Labute approximate surface area is 189 Å². The zero-order valence-corrected chi connectivity index (χ0v) is 19.0. The molecule has 1 fully saturated rings. The summed E-state index contributed by atoms with van der Waals surface area (Å²) in [5.41, 5.74) is -0.138. The fraction of sp³-hybridized carbons (Fsp3) is 0.600. The number of fused-ring (bicyclic) bond motifs is 1. The van der Waals surface area contributed by atoms with E-state index in [0.29, 0.717) is 49.9 Å². The number of aromatic nitrogens is 4. The summed E-state index contributed by atoms with van der Waals surface area (Å²) in [5.74, 6) is 0.0161. The van der Waals surface area contributed by atoms with Gasteiger partial charge in [-0.25, -0.2) is 0 Å². The average Bonchev–Trinajstić information content (AvgIpc) is 3.21. The van der Waals surface area contributed by atoms with Crippen LogP contribution in [0.2, 0.25) is 0 Å². The van der Waals surface area contributed by atoms with Crippen molar-refractivity contribution >= 4 is 23.3 Å². The first-order chi connectivity index (χ1) is 15.5. The molecule has 2 aromatic rings. The van der Waals surface area contributed by atoms with Gasteiger partial charge in [-0.1, -0.05) is 13.5 Å². The number of amides is 1. The Bertz CT molecular complexity index is 1080. The molecular formula is C20H29F3N8O2. The molecule has 1 saturated heterocycles. The van der Waals surface area contributed by atoms with Gasteiger partial charge in [-0.15, -0.1) is 5.10 Å². The molecule has 3 heterocycles. The van der Waals surface area contributed by atoms with Crippen LogP contribution in [0.4, 0.5) is 24.8 Å². The average molecular weight is 471 g/mol. The number of rotatable bonds is 8. The number of piperazine rings is 1. The van der Waals surface area contributed by atoms with Crippen LogP contribution in [0.15, 0.2) is 16.9 Å². The number of hydrogen-bond acceptors (Lipinski definition) is 7. The lowest BCUT2D eigenvalue weighted by Crippen LogP contribution is -2.47. The molecule has 1 aliphatic rings. The number of alkyl halides is 3. The van der Waals surface area contributed by atoms with Gasteiger partial charge >= 0.3 is 6.18 Å². The van der Waals surface area contributed by atoms with E-state index in [2.05, 4.69) is 27.3 Å². The predicted octanol–water partition coefficient (Wildman–Crippen LogP) is 0.554. The maximum atomic E-state index is 13.4. The van der Waals surface area contributed by atoms with Crippen molar-refractivity contribution in [2.24, 2.45) is 0 Å². The van der Waals surface area contributed by atoms with Crippen molar-refractivity contribution in [2.45, 2.75) is 32.5 Å². The number of nitrogens with zero attached hydrogens (tertiary/aromatic N) is 6. The van der Waals surface area contributed by atoms with E-state index >= 15 is 0 Å². The highest BCUT2D eigenvalue weighted by atomic mass is 19.4. The third kappa shape index (κ3) is 5.29. The Morgan fingerprint density at radius 2 is 1.94 bits per heavy atom. The fourth-order valence-corrected chi connectivity index (χ4v) is 3.69. The Balaban J connectivity index is 1.98. The molecule has 10 nitrogen and oxygen atoms in total. The van der Waals surface area contributed by atoms with Crippen LogP contribution in [-0.2, 0) is 17.8 Å². The monoisotopic (exact) mass is 470 g/mol. The summed E-state index contributed by atoms with van der Waals surface area (Å²) in [5, 5.41) is 10.1. The molecule has 2 aromatic heterocycles. The second kappa shape index (κ2) is 9.81. The van der Waals surface area contributed by atoms with Gasteiger partial charge in [0.1, 0.15) is 12.2 Å². The molecule has 0 aromatic carbocycles. The van der Waals surface area contributed by atoms with Gasteiger partial charge in [-0.2, -0.15) is 22.7 Å². The molecule has 1 aliphatic heterocycles. The van der Waals surface area contributed by atoms with Gasteiger partial charge in [0.25, 0.3) is 5.56 Å². The van der Waals surface area contributed by atoms with E-state index in [4.69, 9.17) is 0 Å². The van der Waals surface area contributed by atoms with Gasteiger partial charge in [-0.3, -0.25) is 9.59 Å². The van der Waals surface area contributed by atoms with Crippen LogP contribution >= 0.6 is 0 Å². The topological polar surface area (TPSA) is 99.8 Å². The lowest BCUT2D eigenvalue weighted by molar-refractivity contribution is -0.122. The van der Waals surface area contributed by atoms with Crippen LogP contribution in [0.25, 0.3) is 5.78 Å². The number of carbonyl (C=O) groups is 1. The summed E-state index contributed by atoms with van der Waals surface area (Å²) in [6.45, 7) is 7.15. The van der Waals surface area contributed by atoms with Crippen LogP contribution in [0, 0.1) is 0 Å². The van der Waals surface area contributed by atoms with Crippen molar-refractivity contribution in [3.63, 3.8) is 0 Å². The third-order valence-corrected chi connectivity index (χ3v) is 5.43. The normalized spacial score (nSPS) is 14.5. The van der Waals surface area contributed by atoms with E-state index in [9.17, 15) is 22.8 Å². The third-order valence-electron chi connectivity index (χ3n) is 5.43. The molecular weight excluding hydrogens is 441 g/mol. The molecule has 2 N–H and O–H groups in total. The minimum Gasteiger partial charge on any atom is -0.363 e. The molecule has 0 spiro atoms. The zero-order chi connectivity index (χ0) is 24.3. The molecule has 182 valence electrons. The summed E-state index contributed by atoms with van der Waals surface area (Å²) in [7, 11) is 3.48. The maximum Gasteiger partial charge on any atom is 0.412 e. The van der Waals surface area contributed by atoms with Crippen LogP contribution in [-0.4, -0.2) is 78.1 Å². The van der Waals surface area contributed by atoms with E-state index in [1.165, 1.54) is 4.52 Å². The summed E-state index contributed by atoms with van der Waals surface area (Å²) < 4.78 is 40.7. The molecule has 1 amide bonds. The Hall–Kier alpha value is -3.09. The second-order valence-corrected chi connectivity index (χ2v) is 8.00. The summed E-state index contributed by atoms with van der Waals surface area (Å²) in [6.07, 6.45) is -4.45. The summed E-state index contributed by atoms with van der Waals surface area (Å²) in [6, 6.07) is 0. The van der Waals surface area contributed by atoms with Crippen LogP contribution in [0.5, 0.6) is 0 Å². The molecule has 0 bridgehead atoms. The maximum absolute atomic E-state index is 13.4. The molecule has 3 rings (SSSR count). The lowest BCUT2D eigenvalue weighted by Gasteiger charge is -2.31. The van der Waals surface area contributed by atoms with Gasteiger partial charge < -0.3 is 25.0 Å². The predicted molar refractivity (Wildman–Crippen MR) is 119 cm³/mol. The number of carbonyl (C=O) groups excluding carboxylic acids is 1. The first-order valence-corrected chi connectivity index (χ1v) is 10.7. The van der Waals surface area contributed by atoms with Crippen LogP contribution < -0.4 is 26.0 Å². The summed E-state index contributed by atoms with van der Waals surface area (Å²) in [4.78, 5) is 34.1. The minimum atomic E-state index is -4.49. The molecule has 0 radical (unpaired) electrons. The Morgan fingerprint density at radius 3 is 2.52 bits per heavy atom. The van der Waals surface area contributed by atoms with Crippen LogP contribution in [0.1, 0.15) is 19.0 Å². The minimum absolute atomic E-state index is 0.199. The molecule has 0 saturated carbocycles. The first kappa shape index (κ1) is 24.6. The number of nitrogens with one attached hydrogen (secondary N) is 2. The lowest BCUT2D eigenvalue weighted by atomic mass is 10.2. The van der Waals surface area contributed by atoms with Gasteiger partial charge in [0, 0.05) is 52.4 Å². The van der Waals surface area contributed by atoms with Gasteiger partial charge in [0.2, 0.25) is 17.6 Å². The highest BCUT2D eigenvalue weighted by molar-refractivity contribution is 5.76. The highest BCUT2D eigenvalue weighted by Gasteiger charge is 2.31. The quantitative estimate of drug-likeness (QED) is 0.544. The standard InChI is InChI=1S/C20H29F3N8O2/c1-5-14-16(29-10-8-24-9-11-29)17(33)31-19(26-18(27-31)28(3)4)30(14)12-15(32)25-7-6-13(2)20(21,22)23/h24H,2,5-12H2,1,3-4H3,(H,25,32). The van der Waals surface area contributed by atoms with Crippen molar-refractivity contribution in [1.82, 2.24) is 29.8 Å². The first-order valence-electron chi connectivity index (χ1n) is 10.7. The number of anilines is 2. The van der Waals surface area contributed by atoms with Crippen LogP contribution in [0.3, 0.4) is 0 Å². The van der Waals surface area contributed by atoms with Gasteiger partial charge in [0.05, 0.1) is 5.69 Å². The highest BCUT2D eigenvalue weighted by Crippen LogP contribution is 2.26. The van der Waals surface area contributed by atoms with Crippen molar-refractivity contribution in [1.29, 1.82) is 0 Å². The van der Waals surface area contributed by atoms with E-state index in [1.807, 2.05) is 11.8 Å². The molecule has 0 aliphatic carbocycles. The molecule has 33 heavy (non-hydrogen) atoms. The molecule has 0 unspecified atom stereocenters. The smallest absolute Gasteiger partial charge is 0.363 e. The Kier molecular flexibility index (Phi) is 7.30. The SMILES string of the molecule is C=C(CCNC(=O)Cn1c(CC)c(N2CCNCC2)c(=O)n2nc(N(C)C)nc12)C(F)(F)F. The largest absolute Gasteiger partial charge is 0.412 e. The summed E-state index contributed by atoms with van der Waals surface area (Å²) >= 11 is 0. The van der Waals surface area contributed by atoms with Gasteiger partial charge in [-0.05, 0) is 12.8 Å². The zero-order valence-electron chi connectivity index (χ0n) is 19.0. The van der Waals surface area contributed by atoms with Gasteiger partial charge in [0.15, 0.2) is 0 Å². The number of hydrogen-bond donors (Lipinski definition) is 2. The second-order valence-electron chi connectivity index (χ2n) is 8.00. The number of halogens is 3. The van der Waals surface area contributed by atoms with Crippen molar-refractivity contribution in [2.75, 3.05) is 56.6 Å². The van der Waals surface area contributed by atoms with E-state index in [-0.39, 0.29) is 24.4 Å². The molecule has 0 atom stereocenters. The van der Waals surface area contributed by atoms with E-state index in [1.54, 1.807) is 23.6 Å².